The lowest BCUT2D eigenvalue weighted by molar-refractivity contribution is -0.142. The SMILES string of the molecule is CCOC(=O)c1cc(C(F)F)nc(C(F)(F)F)c1O. The Kier molecular flexibility index (Phi) is 4.28. The number of aromatic nitrogens is 1. The van der Waals surface area contributed by atoms with E-state index >= 15 is 0 Å². The number of carbonyl (C=O) groups excluding carboxylic acids is 1. The Morgan fingerprint density at radius 3 is 2.47 bits per heavy atom. The molecule has 0 spiro atoms. The Hall–Kier alpha value is -1.93. The summed E-state index contributed by atoms with van der Waals surface area (Å²) in [6, 6.07) is 0.368. The quantitative estimate of drug-likeness (QED) is 0.685. The van der Waals surface area contributed by atoms with Gasteiger partial charge >= 0.3 is 12.1 Å². The van der Waals surface area contributed by atoms with Gasteiger partial charge in [0.2, 0.25) is 0 Å². The molecule has 19 heavy (non-hydrogen) atoms. The van der Waals surface area contributed by atoms with Gasteiger partial charge in [-0.05, 0) is 13.0 Å². The van der Waals surface area contributed by atoms with E-state index < -0.39 is 41.3 Å². The zero-order chi connectivity index (χ0) is 14.8. The molecule has 0 amide bonds. The highest BCUT2D eigenvalue weighted by molar-refractivity contribution is 5.92. The highest BCUT2D eigenvalue weighted by Crippen LogP contribution is 2.38. The number of esters is 1. The number of halogens is 5. The van der Waals surface area contributed by atoms with Crippen molar-refractivity contribution in [1.29, 1.82) is 0 Å². The summed E-state index contributed by atoms with van der Waals surface area (Å²) in [5, 5.41) is 9.30. The average molecular weight is 285 g/mol. The highest BCUT2D eigenvalue weighted by Gasteiger charge is 2.39. The van der Waals surface area contributed by atoms with Gasteiger partial charge in [-0.15, -0.1) is 0 Å². The molecule has 0 saturated carbocycles. The minimum absolute atomic E-state index is 0.189. The summed E-state index contributed by atoms with van der Waals surface area (Å²) in [4.78, 5) is 13.9. The molecule has 0 aliphatic heterocycles. The second-order valence-electron chi connectivity index (χ2n) is 3.31. The van der Waals surface area contributed by atoms with Crippen molar-refractivity contribution in [3.8, 4) is 5.75 Å². The lowest BCUT2D eigenvalue weighted by atomic mass is 10.1. The molecule has 0 saturated heterocycles. The zero-order valence-electron chi connectivity index (χ0n) is 9.46. The van der Waals surface area contributed by atoms with Crippen LogP contribution < -0.4 is 0 Å². The van der Waals surface area contributed by atoms with Gasteiger partial charge in [0.05, 0.1) is 6.61 Å². The second-order valence-corrected chi connectivity index (χ2v) is 3.31. The third-order valence-corrected chi connectivity index (χ3v) is 2.00. The summed E-state index contributed by atoms with van der Waals surface area (Å²) in [5.41, 5.74) is -4.22. The lowest BCUT2D eigenvalue weighted by Gasteiger charge is -2.13. The minimum Gasteiger partial charge on any atom is -0.505 e. The van der Waals surface area contributed by atoms with E-state index in [4.69, 9.17) is 0 Å². The van der Waals surface area contributed by atoms with E-state index in [9.17, 15) is 31.9 Å². The number of nitrogens with zero attached hydrogens (tertiary/aromatic N) is 1. The number of hydrogen-bond donors (Lipinski definition) is 1. The molecule has 0 fully saturated rings. The molecular formula is C10H8F5NO3. The molecule has 0 radical (unpaired) electrons. The van der Waals surface area contributed by atoms with Gasteiger partial charge in [0.25, 0.3) is 6.43 Å². The Morgan fingerprint density at radius 1 is 1.47 bits per heavy atom. The van der Waals surface area contributed by atoms with E-state index in [0.29, 0.717) is 6.07 Å². The molecule has 0 bridgehead atoms. The molecule has 106 valence electrons. The third-order valence-electron chi connectivity index (χ3n) is 2.00. The first kappa shape index (κ1) is 15.1. The molecule has 0 aliphatic rings. The van der Waals surface area contributed by atoms with Crippen LogP contribution in [0.4, 0.5) is 22.0 Å². The molecule has 9 heteroatoms. The zero-order valence-corrected chi connectivity index (χ0v) is 9.46. The van der Waals surface area contributed by atoms with Crippen molar-refractivity contribution in [2.75, 3.05) is 6.61 Å². The van der Waals surface area contributed by atoms with Crippen LogP contribution in [0.3, 0.4) is 0 Å². The molecule has 1 aromatic rings. The van der Waals surface area contributed by atoms with Crippen molar-refractivity contribution in [2.45, 2.75) is 19.5 Å². The molecular weight excluding hydrogens is 277 g/mol. The largest absolute Gasteiger partial charge is 0.505 e. The van der Waals surface area contributed by atoms with Crippen LogP contribution in [-0.4, -0.2) is 22.7 Å². The van der Waals surface area contributed by atoms with E-state index in [0.717, 1.165) is 0 Å². The maximum Gasteiger partial charge on any atom is 0.437 e. The monoisotopic (exact) mass is 285 g/mol. The van der Waals surface area contributed by atoms with Gasteiger partial charge in [-0.25, -0.2) is 18.6 Å². The molecule has 0 aromatic carbocycles. The van der Waals surface area contributed by atoms with E-state index in [1.165, 1.54) is 6.92 Å². The van der Waals surface area contributed by atoms with Crippen molar-refractivity contribution in [2.24, 2.45) is 0 Å². The molecule has 1 rings (SSSR count). The number of alkyl halides is 5. The standard InChI is InChI=1S/C10H8F5NO3/c1-2-19-9(18)4-3-5(8(11)12)16-7(6(4)17)10(13,14)15/h3,8,17H,2H2,1H3. The number of rotatable bonds is 3. The van der Waals surface area contributed by atoms with Gasteiger partial charge in [0, 0.05) is 0 Å². The van der Waals surface area contributed by atoms with Crippen molar-refractivity contribution < 1.29 is 36.6 Å². The van der Waals surface area contributed by atoms with Crippen LogP contribution in [0, 0.1) is 0 Å². The molecule has 4 nitrogen and oxygen atoms in total. The molecule has 1 heterocycles. The topological polar surface area (TPSA) is 59.4 Å². The van der Waals surface area contributed by atoms with Crippen LogP contribution in [-0.2, 0) is 10.9 Å². The van der Waals surface area contributed by atoms with Crippen LogP contribution in [0.15, 0.2) is 6.07 Å². The summed E-state index contributed by atoms with van der Waals surface area (Å²) in [7, 11) is 0. The van der Waals surface area contributed by atoms with Crippen LogP contribution in [0.25, 0.3) is 0 Å². The second kappa shape index (κ2) is 5.37. The van der Waals surface area contributed by atoms with E-state index in [-0.39, 0.29) is 6.61 Å². The number of aromatic hydroxyl groups is 1. The molecule has 0 atom stereocenters. The Labute approximate surface area is 103 Å². The van der Waals surface area contributed by atoms with Gasteiger partial charge < -0.3 is 9.84 Å². The third kappa shape index (κ3) is 3.30. The van der Waals surface area contributed by atoms with Crippen LogP contribution >= 0.6 is 0 Å². The maximum absolute atomic E-state index is 12.5. The average Bonchev–Trinajstić information content (AvgIpc) is 2.27. The lowest BCUT2D eigenvalue weighted by Crippen LogP contribution is -2.15. The van der Waals surface area contributed by atoms with Gasteiger partial charge in [-0.2, -0.15) is 13.2 Å². The Bertz CT molecular complexity index is 487. The number of carbonyl (C=O) groups is 1. The predicted molar refractivity (Wildman–Crippen MR) is 51.8 cm³/mol. The molecule has 0 aliphatic carbocycles. The van der Waals surface area contributed by atoms with Crippen LogP contribution in [0.1, 0.15) is 35.1 Å². The summed E-state index contributed by atoms with van der Waals surface area (Å²) in [6.07, 6.45) is -8.49. The first-order chi connectivity index (χ1) is 8.68. The summed E-state index contributed by atoms with van der Waals surface area (Å²) < 4.78 is 66.7. The molecule has 0 unspecified atom stereocenters. The summed E-state index contributed by atoms with van der Waals surface area (Å²) in [6.45, 7) is 1.18. The Morgan fingerprint density at radius 2 is 2.05 bits per heavy atom. The van der Waals surface area contributed by atoms with E-state index in [1.54, 1.807) is 0 Å². The fourth-order valence-electron chi connectivity index (χ4n) is 1.23. The van der Waals surface area contributed by atoms with Gasteiger partial charge in [-0.1, -0.05) is 0 Å². The first-order valence-corrected chi connectivity index (χ1v) is 4.94. The van der Waals surface area contributed by atoms with Crippen molar-refractivity contribution >= 4 is 5.97 Å². The smallest absolute Gasteiger partial charge is 0.437 e. The van der Waals surface area contributed by atoms with Gasteiger partial charge in [-0.3, -0.25) is 0 Å². The molecule has 1 aromatic heterocycles. The van der Waals surface area contributed by atoms with E-state index in [1.807, 2.05) is 0 Å². The van der Waals surface area contributed by atoms with Gasteiger partial charge in [0.15, 0.2) is 11.4 Å². The fraction of sp³-hybridized carbons (Fsp3) is 0.400. The maximum atomic E-state index is 12.5. The van der Waals surface area contributed by atoms with Crippen molar-refractivity contribution in [1.82, 2.24) is 4.98 Å². The predicted octanol–water partition coefficient (Wildman–Crippen LogP) is 2.92. The highest BCUT2D eigenvalue weighted by atomic mass is 19.4. The fourth-order valence-corrected chi connectivity index (χ4v) is 1.23. The number of hydrogen-bond acceptors (Lipinski definition) is 4. The number of ether oxygens (including phenoxy) is 1. The Balaban J connectivity index is 3.46. The minimum atomic E-state index is -5.17. The van der Waals surface area contributed by atoms with Crippen molar-refractivity contribution in [3.05, 3.63) is 23.0 Å². The van der Waals surface area contributed by atoms with Crippen molar-refractivity contribution in [3.63, 3.8) is 0 Å². The first-order valence-electron chi connectivity index (χ1n) is 4.94. The van der Waals surface area contributed by atoms with Crippen LogP contribution in [0.2, 0.25) is 0 Å². The van der Waals surface area contributed by atoms with Crippen LogP contribution in [0.5, 0.6) is 5.75 Å². The number of pyridine rings is 1. The summed E-state index contributed by atoms with van der Waals surface area (Å²) in [5.74, 6) is -2.87. The summed E-state index contributed by atoms with van der Waals surface area (Å²) >= 11 is 0. The molecule has 1 N–H and O–H groups in total. The normalized spacial score (nSPS) is 11.7. The van der Waals surface area contributed by atoms with Gasteiger partial charge in [0.1, 0.15) is 11.3 Å². The van der Waals surface area contributed by atoms with E-state index in [2.05, 4.69) is 9.72 Å².